The van der Waals surface area contributed by atoms with Gasteiger partial charge in [-0.2, -0.15) is 0 Å². The second-order valence-electron chi connectivity index (χ2n) is 5.34. The van der Waals surface area contributed by atoms with E-state index in [0.29, 0.717) is 13.0 Å². The van der Waals surface area contributed by atoms with Crippen LogP contribution in [-0.2, 0) is 17.8 Å². The van der Waals surface area contributed by atoms with E-state index in [2.05, 4.69) is 39.9 Å². The average Bonchev–Trinajstić information content (AvgIpc) is 2.91. The molecule has 3 nitrogen and oxygen atoms in total. The van der Waals surface area contributed by atoms with E-state index in [1.807, 2.05) is 23.6 Å². The van der Waals surface area contributed by atoms with Crippen molar-refractivity contribution in [3.63, 3.8) is 0 Å². The molecule has 1 aromatic carbocycles. The molecule has 0 radical (unpaired) electrons. The van der Waals surface area contributed by atoms with Gasteiger partial charge in [0.2, 0.25) is 0 Å². The lowest BCUT2D eigenvalue weighted by Crippen LogP contribution is -2.46. The lowest BCUT2D eigenvalue weighted by Gasteiger charge is -2.38. The second-order valence-corrected chi connectivity index (χ2v) is 7.20. The predicted octanol–water partition coefficient (Wildman–Crippen LogP) is 4.08. The Morgan fingerprint density at radius 2 is 2.14 bits per heavy atom. The van der Waals surface area contributed by atoms with Crippen molar-refractivity contribution in [2.75, 3.05) is 0 Å². The van der Waals surface area contributed by atoms with Crippen molar-refractivity contribution in [2.45, 2.75) is 32.0 Å². The Morgan fingerprint density at radius 3 is 2.76 bits per heavy atom. The number of hydrogen-bond acceptors (Lipinski definition) is 3. The summed E-state index contributed by atoms with van der Waals surface area (Å²) in [5.41, 5.74) is 2.39. The van der Waals surface area contributed by atoms with E-state index in [4.69, 9.17) is 0 Å². The van der Waals surface area contributed by atoms with Crippen LogP contribution in [0.5, 0.6) is 0 Å². The molecule has 2 atom stereocenters. The zero-order valence-electron chi connectivity index (χ0n) is 11.6. The number of aliphatic carboxylic acids is 1. The van der Waals surface area contributed by atoms with E-state index >= 15 is 0 Å². The van der Waals surface area contributed by atoms with Crippen LogP contribution < -0.4 is 0 Å². The first-order valence-electron chi connectivity index (χ1n) is 6.85. The molecule has 3 rings (SSSR count). The number of nitrogens with zero attached hydrogens (tertiary/aromatic N) is 1. The van der Waals surface area contributed by atoms with E-state index in [1.54, 1.807) is 11.3 Å². The number of benzene rings is 1. The first kappa shape index (κ1) is 14.8. The molecule has 0 spiro atoms. The monoisotopic (exact) mass is 365 g/mol. The SMILES string of the molecule is CC(c1cc(Br)cs1)N1Cc2ccccc2CC1C(=O)O. The van der Waals surface area contributed by atoms with Crippen molar-refractivity contribution in [2.24, 2.45) is 0 Å². The number of carboxylic acids is 1. The van der Waals surface area contributed by atoms with Gasteiger partial charge in [0.25, 0.3) is 0 Å². The highest BCUT2D eigenvalue weighted by Gasteiger charge is 2.34. The predicted molar refractivity (Wildman–Crippen MR) is 87.5 cm³/mol. The van der Waals surface area contributed by atoms with Gasteiger partial charge < -0.3 is 5.11 Å². The van der Waals surface area contributed by atoms with Crippen molar-refractivity contribution in [3.8, 4) is 0 Å². The number of halogens is 1. The van der Waals surface area contributed by atoms with Gasteiger partial charge in [-0.15, -0.1) is 11.3 Å². The quantitative estimate of drug-likeness (QED) is 0.890. The second kappa shape index (κ2) is 5.91. The van der Waals surface area contributed by atoms with Gasteiger partial charge in [0.05, 0.1) is 0 Å². The average molecular weight is 366 g/mol. The fraction of sp³-hybridized carbons (Fsp3) is 0.312. The van der Waals surface area contributed by atoms with Gasteiger partial charge in [-0.25, -0.2) is 0 Å². The van der Waals surface area contributed by atoms with Gasteiger partial charge in [0.1, 0.15) is 6.04 Å². The Kier molecular flexibility index (Phi) is 4.15. The molecule has 0 saturated carbocycles. The number of fused-ring (bicyclic) bond motifs is 1. The van der Waals surface area contributed by atoms with Crippen LogP contribution >= 0.6 is 27.3 Å². The summed E-state index contributed by atoms with van der Waals surface area (Å²) in [6, 6.07) is 9.84. The standard InChI is InChI=1S/C16H16BrNO2S/c1-10(15-7-13(17)9-21-15)18-8-12-5-3-2-4-11(12)6-14(18)16(19)20/h2-5,7,9-10,14H,6,8H2,1H3,(H,19,20). The Bertz CT molecular complexity index is 670. The molecule has 0 fully saturated rings. The van der Waals surface area contributed by atoms with Crippen molar-refractivity contribution < 1.29 is 9.90 Å². The lowest BCUT2D eigenvalue weighted by molar-refractivity contribution is -0.145. The highest BCUT2D eigenvalue weighted by atomic mass is 79.9. The Balaban J connectivity index is 1.94. The molecular formula is C16H16BrNO2S. The molecule has 2 aromatic rings. The normalized spacial score (nSPS) is 20.0. The van der Waals surface area contributed by atoms with E-state index in [9.17, 15) is 9.90 Å². The summed E-state index contributed by atoms with van der Waals surface area (Å²) in [5.74, 6) is -0.744. The molecule has 1 N–H and O–H groups in total. The number of carboxylic acid groups (broad SMARTS) is 1. The molecule has 1 aliphatic rings. The molecule has 0 saturated heterocycles. The van der Waals surface area contributed by atoms with Gasteiger partial charge in [-0.05, 0) is 46.5 Å². The third-order valence-electron chi connectivity index (χ3n) is 4.07. The van der Waals surface area contributed by atoms with Crippen LogP contribution in [0.2, 0.25) is 0 Å². The minimum absolute atomic E-state index is 0.0933. The molecule has 1 aromatic heterocycles. The molecule has 2 unspecified atom stereocenters. The maximum Gasteiger partial charge on any atom is 0.321 e. The van der Waals surface area contributed by atoms with Crippen molar-refractivity contribution in [3.05, 3.63) is 56.2 Å². The van der Waals surface area contributed by atoms with E-state index in [0.717, 1.165) is 10.0 Å². The third-order valence-corrected chi connectivity index (χ3v) is 5.93. The van der Waals surface area contributed by atoms with Gasteiger partial charge in [0.15, 0.2) is 0 Å². The first-order chi connectivity index (χ1) is 10.1. The zero-order chi connectivity index (χ0) is 15.0. The zero-order valence-corrected chi connectivity index (χ0v) is 14.0. The molecule has 0 aliphatic carbocycles. The minimum Gasteiger partial charge on any atom is -0.480 e. The number of rotatable bonds is 3. The Morgan fingerprint density at radius 1 is 1.43 bits per heavy atom. The summed E-state index contributed by atoms with van der Waals surface area (Å²) >= 11 is 5.13. The third kappa shape index (κ3) is 2.91. The van der Waals surface area contributed by atoms with Gasteiger partial charge in [-0.1, -0.05) is 24.3 Å². The first-order valence-corrected chi connectivity index (χ1v) is 8.53. The molecular weight excluding hydrogens is 350 g/mol. The fourth-order valence-corrected chi connectivity index (χ4v) is 4.41. The van der Waals surface area contributed by atoms with Crippen LogP contribution in [0.4, 0.5) is 0 Å². The van der Waals surface area contributed by atoms with Crippen molar-refractivity contribution in [1.29, 1.82) is 0 Å². The molecule has 1 aliphatic heterocycles. The molecule has 21 heavy (non-hydrogen) atoms. The number of hydrogen-bond donors (Lipinski definition) is 1. The summed E-state index contributed by atoms with van der Waals surface area (Å²) in [6.07, 6.45) is 0.572. The minimum atomic E-state index is -0.744. The van der Waals surface area contributed by atoms with Gasteiger partial charge in [0, 0.05) is 27.3 Å². The van der Waals surface area contributed by atoms with Gasteiger partial charge >= 0.3 is 5.97 Å². The van der Waals surface area contributed by atoms with Crippen LogP contribution in [0, 0.1) is 0 Å². The Labute approximate surface area is 136 Å². The van der Waals surface area contributed by atoms with E-state index in [1.165, 1.54) is 10.4 Å². The van der Waals surface area contributed by atoms with Crippen molar-refractivity contribution in [1.82, 2.24) is 4.90 Å². The molecule has 110 valence electrons. The topological polar surface area (TPSA) is 40.5 Å². The number of thiophene rings is 1. The van der Waals surface area contributed by atoms with Crippen LogP contribution in [-0.4, -0.2) is 22.0 Å². The molecule has 0 amide bonds. The molecule has 5 heteroatoms. The van der Waals surface area contributed by atoms with Crippen LogP contribution in [0.25, 0.3) is 0 Å². The van der Waals surface area contributed by atoms with Crippen molar-refractivity contribution >= 4 is 33.2 Å². The summed E-state index contributed by atoms with van der Waals surface area (Å²) in [7, 11) is 0. The highest BCUT2D eigenvalue weighted by molar-refractivity contribution is 9.10. The summed E-state index contributed by atoms with van der Waals surface area (Å²) < 4.78 is 1.05. The van der Waals surface area contributed by atoms with E-state index < -0.39 is 12.0 Å². The largest absolute Gasteiger partial charge is 0.480 e. The molecule has 0 bridgehead atoms. The molecule has 2 heterocycles. The lowest BCUT2D eigenvalue weighted by atomic mass is 9.92. The highest BCUT2D eigenvalue weighted by Crippen LogP contribution is 2.35. The summed E-state index contributed by atoms with van der Waals surface area (Å²) in [6.45, 7) is 2.77. The summed E-state index contributed by atoms with van der Waals surface area (Å²) in [5, 5.41) is 11.6. The maximum absolute atomic E-state index is 11.7. The maximum atomic E-state index is 11.7. The van der Waals surface area contributed by atoms with Gasteiger partial charge in [-0.3, -0.25) is 9.69 Å². The van der Waals surface area contributed by atoms with Crippen LogP contribution in [0.15, 0.2) is 40.2 Å². The number of carbonyl (C=O) groups is 1. The van der Waals surface area contributed by atoms with Crippen LogP contribution in [0.3, 0.4) is 0 Å². The Hall–Kier alpha value is -1.17. The van der Waals surface area contributed by atoms with Crippen LogP contribution in [0.1, 0.15) is 29.0 Å². The van der Waals surface area contributed by atoms with E-state index in [-0.39, 0.29) is 6.04 Å². The summed E-state index contributed by atoms with van der Waals surface area (Å²) in [4.78, 5) is 14.9. The fourth-order valence-electron chi connectivity index (χ4n) is 2.89. The smallest absolute Gasteiger partial charge is 0.321 e.